The molecule has 2 aromatic heterocycles. The highest BCUT2D eigenvalue weighted by Crippen LogP contribution is 2.29. The summed E-state index contributed by atoms with van der Waals surface area (Å²) in [7, 11) is 0. The fourth-order valence-electron chi connectivity index (χ4n) is 3.31. The van der Waals surface area contributed by atoms with Crippen molar-refractivity contribution < 1.29 is 18.8 Å². The van der Waals surface area contributed by atoms with Crippen LogP contribution in [0, 0.1) is 25.2 Å². The fraction of sp³-hybridized carbons (Fsp3) is 0.160. The van der Waals surface area contributed by atoms with Crippen LogP contribution in [0.5, 0.6) is 0 Å². The Hall–Kier alpha value is -4.36. The van der Waals surface area contributed by atoms with Crippen LogP contribution < -0.4 is 5.32 Å². The normalized spacial score (nSPS) is 10.5. The number of para-hydroxylation sites is 1. The fourth-order valence-corrected chi connectivity index (χ4v) is 4.51. The van der Waals surface area contributed by atoms with Crippen molar-refractivity contribution in [2.24, 2.45) is 0 Å². The van der Waals surface area contributed by atoms with Crippen LogP contribution in [0.3, 0.4) is 0 Å². The summed E-state index contributed by atoms with van der Waals surface area (Å²) >= 11 is 1.45. The number of benzene rings is 2. The number of thioether (sulfide) groups is 1. The Balaban J connectivity index is 1.42. The van der Waals surface area contributed by atoms with E-state index in [1.54, 1.807) is 24.3 Å². The molecule has 0 fully saturated rings. The first-order valence-electron chi connectivity index (χ1n) is 10.6. The quantitative estimate of drug-likeness (QED) is 0.286. The van der Waals surface area contributed by atoms with Gasteiger partial charge in [0.05, 0.1) is 23.1 Å². The number of aromatic nitrogens is 3. The van der Waals surface area contributed by atoms with Gasteiger partial charge in [-0.05, 0) is 38.1 Å². The number of hydrogen-bond donors (Lipinski definition) is 1. The minimum atomic E-state index is -0.626. The van der Waals surface area contributed by atoms with Gasteiger partial charge in [0, 0.05) is 16.2 Å². The van der Waals surface area contributed by atoms with Gasteiger partial charge >= 0.3 is 5.97 Å². The number of aryl methyl sites for hydroxylation is 2. The van der Waals surface area contributed by atoms with Crippen LogP contribution in [0.4, 0.5) is 5.82 Å². The van der Waals surface area contributed by atoms with Gasteiger partial charge in [0.1, 0.15) is 17.4 Å². The molecule has 2 heterocycles. The molecule has 0 spiro atoms. The number of carbonyl (C=O) groups excluding carboxylic acids is 2. The van der Waals surface area contributed by atoms with E-state index in [1.165, 1.54) is 22.6 Å². The van der Waals surface area contributed by atoms with Crippen molar-refractivity contribution in [1.29, 1.82) is 5.26 Å². The maximum Gasteiger partial charge on any atom is 0.339 e. The molecule has 176 valence electrons. The Labute approximate surface area is 205 Å². The summed E-state index contributed by atoms with van der Waals surface area (Å²) in [5.74, 6) is 0.299. The first-order valence-corrected chi connectivity index (χ1v) is 11.6. The van der Waals surface area contributed by atoms with Crippen LogP contribution in [0.2, 0.25) is 0 Å². The predicted octanol–water partition coefficient (Wildman–Crippen LogP) is 4.44. The first-order chi connectivity index (χ1) is 17.0. The van der Waals surface area contributed by atoms with E-state index in [2.05, 4.69) is 15.6 Å². The molecule has 1 amide bonds. The summed E-state index contributed by atoms with van der Waals surface area (Å²) in [6, 6.07) is 18.1. The SMILES string of the molecule is Cc1noc(C)c1CSc1ccccc1C(=O)OCC(=O)Nc1c(C#N)cnn1-c1ccccc1. The van der Waals surface area contributed by atoms with E-state index in [4.69, 9.17) is 9.26 Å². The molecule has 0 saturated heterocycles. The van der Waals surface area contributed by atoms with Crippen molar-refractivity contribution in [2.75, 3.05) is 11.9 Å². The van der Waals surface area contributed by atoms with Gasteiger partial charge in [0.2, 0.25) is 0 Å². The molecule has 4 rings (SSSR count). The zero-order valence-electron chi connectivity index (χ0n) is 19.0. The summed E-state index contributed by atoms with van der Waals surface area (Å²) < 4.78 is 11.9. The van der Waals surface area contributed by atoms with Crippen LogP contribution in [0.25, 0.3) is 5.69 Å². The lowest BCUT2D eigenvalue weighted by molar-refractivity contribution is -0.119. The van der Waals surface area contributed by atoms with Gasteiger partial charge in [-0.1, -0.05) is 35.5 Å². The number of nitrogens with zero attached hydrogens (tertiary/aromatic N) is 4. The molecule has 0 radical (unpaired) electrons. The van der Waals surface area contributed by atoms with Gasteiger partial charge in [-0.3, -0.25) is 4.79 Å². The Kier molecular flexibility index (Phi) is 7.28. The number of esters is 1. The highest BCUT2D eigenvalue weighted by molar-refractivity contribution is 7.98. The molecule has 0 bridgehead atoms. The van der Waals surface area contributed by atoms with Gasteiger partial charge < -0.3 is 14.6 Å². The third-order valence-corrected chi connectivity index (χ3v) is 6.24. The number of carbonyl (C=O) groups is 2. The van der Waals surface area contributed by atoms with E-state index in [9.17, 15) is 14.9 Å². The number of rotatable bonds is 8. The Morgan fingerprint density at radius 1 is 1.14 bits per heavy atom. The van der Waals surface area contributed by atoms with Gasteiger partial charge in [-0.2, -0.15) is 10.4 Å². The van der Waals surface area contributed by atoms with E-state index in [-0.39, 0.29) is 11.4 Å². The average Bonchev–Trinajstić information content (AvgIpc) is 3.43. The molecule has 2 aromatic carbocycles. The lowest BCUT2D eigenvalue weighted by Gasteiger charge is -2.11. The Morgan fingerprint density at radius 3 is 2.60 bits per heavy atom. The van der Waals surface area contributed by atoms with E-state index in [0.29, 0.717) is 21.9 Å². The molecule has 1 N–H and O–H groups in total. The predicted molar refractivity (Wildman–Crippen MR) is 129 cm³/mol. The number of ether oxygens (including phenoxy) is 1. The molecule has 0 aliphatic rings. The van der Waals surface area contributed by atoms with Crippen molar-refractivity contribution in [2.45, 2.75) is 24.5 Å². The molecule has 0 saturated carbocycles. The zero-order valence-corrected chi connectivity index (χ0v) is 19.8. The number of amides is 1. The lowest BCUT2D eigenvalue weighted by Crippen LogP contribution is -2.23. The van der Waals surface area contributed by atoms with Gasteiger partial charge in [0.25, 0.3) is 5.91 Å². The van der Waals surface area contributed by atoms with Crippen LogP contribution >= 0.6 is 11.8 Å². The van der Waals surface area contributed by atoms with Gasteiger partial charge in [-0.25, -0.2) is 9.48 Å². The molecule has 0 unspecified atom stereocenters. The van der Waals surface area contributed by atoms with E-state index in [1.807, 2.05) is 50.2 Å². The van der Waals surface area contributed by atoms with Crippen LogP contribution in [-0.2, 0) is 15.3 Å². The Bertz CT molecular complexity index is 1390. The second-order valence-corrected chi connectivity index (χ2v) is 8.50. The third-order valence-electron chi connectivity index (χ3n) is 5.14. The minimum Gasteiger partial charge on any atom is -0.452 e. The van der Waals surface area contributed by atoms with Crippen LogP contribution in [0.1, 0.15) is 32.9 Å². The van der Waals surface area contributed by atoms with E-state index < -0.39 is 18.5 Å². The molecular formula is C25H21N5O4S. The summed E-state index contributed by atoms with van der Waals surface area (Å²) in [5.41, 5.74) is 2.99. The number of hydrogen-bond acceptors (Lipinski definition) is 8. The molecule has 4 aromatic rings. The van der Waals surface area contributed by atoms with Crippen molar-refractivity contribution >= 4 is 29.5 Å². The zero-order chi connectivity index (χ0) is 24.8. The van der Waals surface area contributed by atoms with Crippen molar-refractivity contribution in [3.63, 3.8) is 0 Å². The monoisotopic (exact) mass is 487 g/mol. The number of anilines is 1. The molecule has 35 heavy (non-hydrogen) atoms. The summed E-state index contributed by atoms with van der Waals surface area (Å²) in [4.78, 5) is 26.1. The second-order valence-electron chi connectivity index (χ2n) is 7.48. The smallest absolute Gasteiger partial charge is 0.339 e. The average molecular weight is 488 g/mol. The standard InChI is InChI=1S/C25H21N5O4S/c1-16-21(17(2)34-29-16)15-35-22-11-7-6-10-20(22)25(32)33-14-23(31)28-24-18(12-26)13-27-30(24)19-8-4-3-5-9-19/h3-11,13H,14-15H2,1-2H3,(H,28,31). The maximum atomic E-state index is 12.8. The van der Waals surface area contributed by atoms with Crippen molar-refractivity contribution in [3.8, 4) is 11.8 Å². The topological polar surface area (TPSA) is 123 Å². The van der Waals surface area contributed by atoms with E-state index in [0.717, 1.165) is 17.0 Å². The minimum absolute atomic E-state index is 0.189. The molecule has 10 heteroatoms. The number of nitriles is 1. The third kappa shape index (κ3) is 5.42. The second kappa shape index (κ2) is 10.7. The van der Waals surface area contributed by atoms with Gasteiger partial charge in [0.15, 0.2) is 12.4 Å². The molecular weight excluding hydrogens is 466 g/mol. The van der Waals surface area contributed by atoms with Crippen molar-refractivity contribution in [3.05, 3.63) is 88.9 Å². The first kappa shape index (κ1) is 23.8. The van der Waals surface area contributed by atoms with Gasteiger partial charge in [-0.15, -0.1) is 11.8 Å². The van der Waals surface area contributed by atoms with Crippen LogP contribution in [0.15, 0.2) is 70.2 Å². The molecule has 9 nitrogen and oxygen atoms in total. The van der Waals surface area contributed by atoms with E-state index >= 15 is 0 Å². The van der Waals surface area contributed by atoms with Crippen LogP contribution in [-0.4, -0.2) is 33.4 Å². The number of nitrogens with one attached hydrogen (secondary N) is 1. The molecule has 0 atom stereocenters. The Morgan fingerprint density at radius 2 is 1.89 bits per heavy atom. The maximum absolute atomic E-state index is 12.8. The molecule has 0 aliphatic carbocycles. The highest BCUT2D eigenvalue weighted by atomic mass is 32.2. The highest BCUT2D eigenvalue weighted by Gasteiger charge is 2.19. The van der Waals surface area contributed by atoms with Crippen molar-refractivity contribution in [1.82, 2.24) is 14.9 Å². The lowest BCUT2D eigenvalue weighted by atomic mass is 10.2. The summed E-state index contributed by atoms with van der Waals surface area (Å²) in [5, 5.41) is 20.1. The summed E-state index contributed by atoms with van der Waals surface area (Å²) in [6.07, 6.45) is 1.36. The molecule has 0 aliphatic heterocycles. The summed E-state index contributed by atoms with van der Waals surface area (Å²) in [6.45, 7) is 3.19. The largest absolute Gasteiger partial charge is 0.452 e.